The number of nitrogens with zero attached hydrogens (tertiary/aromatic N) is 1. The standard InChI is InChI=1S/C15H13ClN2O/c1-2-3-6-9-17-15(19)12-10-14(16)18-13-8-5-4-7-11(12)13/h4-5,7-8,10H,6,9H2,1H3,(H,17,19). The van der Waals surface area contributed by atoms with Crippen molar-refractivity contribution in [3.8, 4) is 11.8 Å². The number of halogens is 1. The van der Waals surface area contributed by atoms with E-state index in [0.29, 0.717) is 29.2 Å². The topological polar surface area (TPSA) is 42.0 Å². The Bertz CT molecular complexity index is 671. The van der Waals surface area contributed by atoms with Gasteiger partial charge >= 0.3 is 0 Å². The number of rotatable bonds is 3. The molecule has 4 heteroatoms. The van der Waals surface area contributed by atoms with E-state index < -0.39 is 0 Å². The highest BCUT2D eigenvalue weighted by Gasteiger charge is 2.11. The van der Waals surface area contributed by atoms with Gasteiger partial charge in [-0.1, -0.05) is 29.8 Å². The largest absolute Gasteiger partial charge is 0.351 e. The number of hydrogen-bond acceptors (Lipinski definition) is 2. The summed E-state index contributed by atoms with van der Waals surface area (Å²) in [5.41, 5.74) is 1.26. The number of para-hydroxylation sites is 1. The lowest BCUT2D eigenvalue weighted by molar-refractivity contribution is 0.0956. The summed E-state index contributed by atoms with van der Waals surface area (Å²) in [7, 11) is 0. The number of amides is 1. The highest BCUT2D eigenvalue weighted by molar-refractivity contribution is 6.30. The molecule has 0 saturated carbocycles. The monoisotopic (exact) mass is 272 g/mol. The van der Waals surface area contributed by atoms with Crippen molar-refractivity contribution in [1.82, 2.24) is 10.3 Å². The van der Waals surface area contributed by atoms with Crippen LogP contribution < -0.4 is 5.32 Å². The summed E-state index contributed by atoms with van der Waals surface area (Å²) in [5.74, 6) is 5.53. The molecular formula is C15H13ClN2O. The Kier molecular flexibility index (Phi) is 4.38. The number of hydrogen-bond donors (Lipinski definition) is 1. The summed E-state index contributed by atoms with van der Waals surface area (Å²) < 4.78 is 0. The zero-order valence-electron chi connectivity index (χ0n) is 10.5. The summed E-state index contributed by atoms with van der Waals surface area (Å²) in [5, 5.41) is 3.94. The van der Waals surface area contributed by atoms with Crippen LogP contribution in [0.15, 0.2) is 30.3 Å². The molecule has 1 amide bonds. The van der Waals surface area contributed by atoms with Crippen molar-refractivity contribution >= 4 is 28.4 Å². The number of fused-ring (bicyclic) bond motifs is 1. The molecule has 96 valence electrons. The third-order valence-electron chi connectivity index (χ3n) is 2.64. The minimum absolute atomic E-state index is 0.154. The molecule has 2 aromatic rings. The molecule has 19 heavy (non-hydrogen) atoms. The molecule has 0 atom stereocenters. The van der Waals surface area contributed by atoms with E-state index >= 15 is 0 Å². The molecule has 1 aromatic heterocycles. The van der Waals surface area contributed by atoms with Crippen LogP contribution in [0.5, 0.6) is 0 Å². The smallest absolute Gasteiger partial charge is 0.252 e. The average molecular weight is 273 g/mol. The lowest BCUT2D eigenvalue weighted by Gasteiger charge is -2.07. The maximum absolute atomic E-state index is 12.1. The Balaban J connectivity index is 2.27. The molecule has 0 aliphatic heterocycles. The molecular weight excluding hydrogens is 260 g/mol. The van der Waals surface area contributed by atoms with Gasteiger partial charge in [0.15, 0.2) is 0 Å². The van der Waals surface area contributed by atoms with E-state index in [1.54, 1.807) is 13.0 Å². The van der Waals surface area contributed by atoms with Crippen molar-refractivity contribution in [1.29, 1.82) is 0 Å². The molecule has 2 rings (SSSR count). The Labute approximate surface area is 117 Å². The van der Waals surface area contributed by atoms with Gasteiger partial charge in [0.1, 0.15) is 5.15 Å². The van der Waals surface area contributed by atoms with E-state index in [4.69, 9.17) is 11.6 Å². The van der Waals surface area contributed by atoms with Crippen LogP contribution in [0.2, 0.25) is 5.15 Å². The molecule has 0 saturated heterocycles. The van der Waals surface area contributed by atoms with E-state index in [1.807, 2.05) is 24.3 Å². The van der Waals surface area contributed by atoms with Crippen molar-refractivity contribution < 1.29 is 4.79 Å². The summed E-state index contributed by atoms with van der Waals surface area (Å²) in [6, 6.07) is 9.02. The first-order valence-electron chi connectivity index (χ1n) is 5.95. The fourth-order valence-electron chi connectivity index (χ4n) is 1.79. The second-order valence-corrected chi connectivity index (χ2v) is 4.33. The van der Waals surface area contributed by atoms with Crippen molar-refractivity contribution in [2.45, 2.75) is 13.3 Å². The van der Waals surface area contributed by atoms with E-state index in [-0.39, 0.29) is 5.91 Å². The van der Waals surface area contributed by atoms with Crippen molar-refractivity contribution in [3.05, 3.63) is 41.0 Å². The number of aromatic nitrogens is 1. The molecule has 0 bridgehead atoms. The normalized spacial score (nSPS) is 9.79. The van der Waals surface area contributed by atoms with E-state index in [2.05, 4.69) is 22.1 Å². The maximum Gasteiger partial charge on any atom is 0.252 e. The summed E-state index contributed by atoms with van der Waals surface area (Å²) in [6.45, 7) is 2.30. The maximum atomic E-state index is 12.1. The number of carbonyl (C=O) groups is 1. The predicted octanol–water partition coefficient (Wildman–Crippen LogP) is 3.03. The van der Waals surface area contributed by atoms with Crippen LogP contribution in [0, 0.1) is 11.8 Å². The SMILES string of the molecule is CC#CCCNC(=O)c1cc(Cl)nc2ccccc12. The van der Waals surface area contributed by atoms with Crippen molar-refractivity contribution in [2.24, 2.45) is 0 Å². The Morgan fingerprint density at radius 3 is 3.00 bits per heavy atom. The van der Waals surface area contributed by atoms with Gasteiger partial charge in [-0.15, -0.1) is 11.8 Å². The Morgan fingerprint density at radius 1 is 1.42 bits per heavy atom. The highest BCUT2D eigenvalue weighted by Crippen LogP contribution is 2.20. The lowest BCUT2D eigenvalue weighted by Crippen LogP contribution is -2.24. The van der Waals surface area contributed by atoms with Gasteiger partial charge in [-0.3, -0.25) is 4.79 Å². The van der Waals surface area contributed by atoms with E-state index in [9.17, 15) is 4.79 Å². The van der Waals surface area contributed by atoms with E-state index in [0.717, 1.165) is 5.39 Å². The van der Waals surface area contributed by atoms with Crippen LogP contribution >= 0.6 is 11.6 Å². The quantitative estimate of drug-likeness (QED) is 0.530. The van der Waals surface area contributed by atoms with Crippen LogP contribution in [0.25, 0.3) is 10.9 Å². The lowest BCUT2D eigenvalue weighted by atomic mass is 10.1. The molecule has 0 unspecified atom stereocenters. The molecule has 1 N–H and O–H groups in total. The molecule has 0 radical (unpaired) electrons. The van der Waals surface area contributed by atoms with Crippen LogP contribution in [0.3, 0.4) is 0 Å². The number of benzene rings is 1. The van der Waals surface area contributed by atoms with Crippen molar-refractivity contribution in [3.63, 3.8) is 0 Å². The van der Waals surface area contributed by atoms with Crippen LogP contribution in [-0.4, -0.2) is 17.4 Å². The highest BCUT2D eigenvalue weighted by atomic mass is 35.5. The molecule has 3 nitrogen and oxygen atoms in total. The van der Waals surface area contributed by atoms with Crippen molar-refractivity contribution in [2.75, 3.05) is 6.54 Å². The number of nitrogens with one attached hydrogen (secondary N) is 1. The van der Waals surface area contributed by atoms with Gasteiger partial charge in [-0.25, -0.2) is 4.98 Å². The number of pyridine rings is 1. The zero-order valence-corrected chi connectivity index (χ0v) is 11.3. The predicted molar refractivity (Wildman–Crippen MR) is 77.2 cm³/mol. The first kappa shape index (κ1) is 13.4. The Hall–Kier alpha value is -2.05. The molecule has 0 aliphatic carbocycles. The third-order valence-corrected chi connectivity index (χ3v) is 2.84. The van der Waals surface area contributed by atoms with Gasteiger partial charge in [0, 0.05) is 18.4 Å². The third kappa shape index (κ3) is 3.24. The molecule has 0 fully saturated rings. The molecule has 0 aliphatic rings. The fourth-order valence-corrected chi connectivity index (χ4v) is 1.99. The van der Waals surface area contributed by atoms with Gasteiger partial charge < -0.3 is 5.32 Å². The van der Waals surface area contributed by atoms with Gasteiger partial charge in [0.2, 0.25) is 0 Å². The fraction of sp³-hybridized carbons (Fsp3) is 0.200. The van der Waals surface area contributed by atoms with Gasteiger partial charge in [0.25, 0.3) is 5.91 Å². The number of carbonyl (C=O) groups excluding carboxylic acids is 1. The second kappa shape index (κ2) is 6.21. The van der Waals surface area contributed by atoms with Gasteiger partial charge in [0.05, 0.1) is 11.1 Å². The van der Waals surface area contributed by atoms with Crippen LogP contribution in [-0.2, 0) is 0 Å². The molecule has 1 aromatic carbocycles. The van der Waals surface area contributed by atoms with Gasteiger partial charge in [-0.2, -0.15) is 0 Å². The van der Waals surface area contributed by atoms with Gasteiger partial charge in [-0.05, 0) is 19.1 Å². The average Bonchev–Trinajstić information content (AvgIpc) is 2.42. The summed E-state index contributed by atoms with van der Waals surface area (Å²) >= 11 is 5.94. The molecule has 1 heterocycles. The molecule has 0 spiro atoms. The first-order valence-corrected chi connectivity index (χ1v) is 6.33. The minimum atomic E-state index is -0.154. The van der Waals surface area contributed by atoms with Crippen LogP contribution in [0.1, 0.15) is 23.7 Å². The van der Waals surface area contributed by atoms with Crippen LogP contribution in [0.4, 0.5) is 0 Å². The summed E-state index contributed by atoms with van der Waals surface area (Å²) in [6.07, 6.45) is 0.638. The first-order chi connectivity index (χ1) is 9.22. The second-order valence-electron chi connectivity index (χ2n) is 3.94. The summed E-state index contributed by atoms with van der Waals surface area (Å²) in [4.78, 5) is 16.3. The Morgan fingerprint density at radius 2 is 2.21 bits per heavy atom. The zero-order chi connectivity index (χ0) is 13.7. The minimum Gasteiger partial charge on any atom is -0.351 e. The van der Waals surface area contributed by atoms with E-state index in [1.165, 1.54) is 0 Å².